The summed E-state index contributed by atoms with van der Waals surface area (Å²) in [7, 11) is 0. The molecule has 4 amide bonds. The Morgan fingerprint density at radius 1 is 1.04 bits per heavy atom. The predicted molar refractivity (Wildman–Crippen MR) is 94.0 cm³/mol. The largest absolute Gasteiger partial charge is 0.325 e. The van der Waals surface area contributed by atoms with Crippen molar-refractivity contribution in [1.82, 2.24) is 10.2 Å². The third kappa shape index (κ3) is 3.38. The van der Waals surface area contributed by atoms with Crippen molar-refractivity contribution in [1.29, 1.82) is 0 Å². The number of para-hydroxylation sites is 1. The predicted octanol–water partition coefficient (Wildman–Crippen LogP) is 2.54. The maximum atomic E-state index is 12.5. The monoisotopic (exact) mass is 337 g/mol. The molecular formula is C19H19N3O3. The van der Waals surface area contributed by atoms with Gasteiger partial charge in [-0.25, -0.2) is 4.79 Å². The van der Waals surface area contributed by atoms with Gasteiger partial charge in [-0.3, -0.25) is 14.5 Å². The van der Waals surface area contributed by atoms with Crippen molar-refractivity contribution in [2.75, 3.05) is 11.9 Å². The van der Waals surface area contributed by atoms with E-state index in [1.165, 1.54) is 0 Å². The lowest BCUT2D eigenvalue weighted by molar-refractivity contribution is -0.130. The SMILES string of the molecule is Cc1cccc(C)c1NC(=O)CN1C(=O)NC(c2ccccc2)C1=O. The Kier molecular flexibility index (Phi) is 4.52. The van der Waals surface area contributed by atoms with Gasteiger partial charge in [0.25, 0.3) is 5.91 Å². The van der Waals surface area contributed by atoms with Crippen LogP contribution < -0.4 is 10.6 Å². The summed E-state index contributed by atoms with van der Waals surface area (Å²) in [5.74, 6) is -0.831. The summed E-state index contributed by atoms with van der Waals surface area (Å²) in [5.41, 5.74) is 3.25. The average molecular weight is 337 g/mol. The molecule has 0 aromatic heterocycles. The summed E-state index contributed by atoms with van der Waals surface area (Å²) in [6.45, 7) is 3.46. The van der Waals surface area contributed by atoms with Crippen LogP contribution in [-0.2, 0) is 9.59 Å². The molecule has 0 radical (unpaired) electrons. The van der Waals surface area contributed by atoms with E-state index >= 15 is 0 Å². The first-order chi connectivity index (χ1) is 12.0. The van der Waals surface area contributed by atoms with Gasteiger partial charge in [-0.05, 0) is 30.5 Å². The number of amides is 4. The van der Waals surface area contributed by atoms with Gasteiger partial charge in [0.1, 0.15) is 12.6 Å². The topological polar surface area (TPSA) is 78.5 Å². The van der Waals surface area contributed by atoms with E-state index in [0.29, 0.717) is 11.3 Å². The van der Waals surface area contributed by atoms with Crippen molar-refractivity contribution in [3.63, 3.8) is 0 Å². The molecule has 1 fully saturated rings. The van der Waals surface area contributed by atoms with E-state index < -0.39 is 23.9 Å². The Balaban J connectivity index is 1.71. The van der Waals surface area contributed by atoms with E-state index in [1.54, 1.807) is 24.3 Å². The Bertz CT molecular complexity index is 813. The number of urea groups is 1. The van der Waals surface area contributed by atoms with Gasteiger partial charge in [-0.1, -0.05) is 48.5 Å². The van der Waals surface area contributed by atoms with Gasteiger partial charge in [0.15, 0.2) is 0 Å². The van der Waals surface area contributed by atoms with Crippen LogP contribution in [0.4, 0.5) is 10.5 Å². The molecule has 0 aliphatic carbocycles. The number of carbonyl (C=O) groups is 3. The minimum Gasteiger partial charge on any atom is -0.324 e. The molecular weight excluding hydrogens is 318 g/mol. The molecule has 6 heteroatoms. The first kappa shape index (κ1) is 16.7. The third-order valence-electron chi connectivity index (χ3n) is 4.21. The Morgan fingerprint density at radius 2 is 1.68 bits per heavy atom. The normalized spacial score (nSPS) is 16.7. The first-order valence-electron chi connectivity index (χ1n) is 8.00. The van der Waals surface area contributed by atoms with Crippen LogP contribution in [0.25, 0.3) is 0 Å². The molecule has 6 nitrogen and oxygen atoms in total. The number of anilines is 1. The lowest BCUT2D eigenvalue weighted by atomic mass is 10.1. The van der Waals surface area contributed by atoms with Crippen LogP contribution in [0.5, 0.6) is 0 Å². The molecule has 2 aromatic carbocycles. The molecule has 2 N–H and O–H groups in total. The summed E-state index contributed by atoms with van der Waals surface area (Å²) in [5, 5.41) is 5.41. The number of benzene rings is 2. The van der Waals surface area contributed by atoms with Crippen LogP contribution in [0.2, 0.25) is 0 Å². The molecule has 1 atom stereocenters. The molecule has 1 heterocycles. The van der Waals surface area contributed by atoms with E-state index in [9.17, 15) is 14.4 Å². The molecule has 3 rings (SSSR count). The molecule has 128 valence electrons. The second-order valence-corrected chi connectivity index (χ2v) is 6.03. The van der Waals surface area contributed by atoms with E-state index in [-0.39, 0.29) is 6.54 Å². The first-order valence-corrected chi connectivity index (χ1v) is 8.00. The molecule has 1 aliphatic rings. The number of nitrogens with zero attached hydrogens (tertiary/aromatic N) is 1. The third-order valence-corrected chi connectivity index (χ3v) is 4.21. The summed E-state index contributed by atoms with van der Waals surface area (Å²) in [6, 6.07) is 13.3. The minimum atomic E-state index is -0.748. The Labute approximate surface area is 145 Å². The summed E-state index contributed by atoms with van der Waals surface area (Å²) in [6.07, 6.45) is 0. The highest BCUT2D eigenvalue weighted by Crippen LogP contribution is 2.22. The van der Waals surface area contributed by atoms with Crippen molar-refractivity contribution >= 4 is 23.5 Å². The van der Waals surface area contributed by atoms with Crippen molar-refractivity contribution in [2.45, 2.75) is 19.9 Å². The van der Waals surface area contributed by atoms with Crippen LogP contribution in [-0.4, -0.2) is 29.3 Å². The fourth-order valence-corrected chi connectivity index (χ4v) is 2.87. The molecule has 1 saturated heterocycles. The number of nitrogens with one attached hydrogen (secondary N) is 2. The molecule has 1 unspecified atom stereocenters. The van der Waals surface area contributed by atoms with Gasteiger partial charge in [0.05, 0.1) is 0 Å². The number of hydrogen-bond acceptors (Lipinski definition) is 3. The van der Waals surface area contributed by atoms with Crippen molar-refractivity contribution in [3.8, 4) is 0 Å². The fraction of sp³-hybridized carbons (Fsp3) is 0.211. The van der Waals surface area contributed by atoms with E-state index in [0.717, 1.165) is 16.0 Å². The van der Waals surface area contributed by atoms with E-state index in [4.69, 9.17) is 0 Å². The molecule has 25 heavy (non-hydrogen) atoms. The van der Waals surface area contributed by atoms with Crippen LogP contribution in [0.15, 0.2) is 48.5 Å². The number of carbonyl (C=O) groups excluding carboxylic acids is 3. The van der Waals surface area contributed by atoms with Gasteiger partial charge in [-0.2, -0.15) is 0 Å². The van der Waals surface area contributed by atoms with Gasteiger partial charge >= 0.3 is 6.03 Å². The summed E-state index contributed by atoms with van der Waals surface area (Å²) in [4.78, 5) is 37.9. The quantitative estimate of drug-likeness (QED) is 0.842. The van der Waals surface area contributed by atoms with Gasteiger partial charge < -0.3 is 10.6 Å². The smallest absolute Gasteiger partial charge is 0.324 e. The Hall–Kier alpha value is -3.15. The summed E-state index contributed by atoms with van der Waals surface area (Å²) < 4.78 is 0. The highest BCUT2D eigenvalue weighted by atomic mass is 16.2. The van der Waals surface area contributed by atoms with Gasteiger partial charge in [-0.15, -0.1) is 0 Å². The zero-order chi connectivity index (χ0) is 18.0. The number of aryl methyl sites for hydroxylation is 2. The van der Waals surface area contributed by atoms with Crippen LogP contribution in [0, 0.1) is 13.8 Å². The average Bonchev–Trinajstić information content (AvgIpc) is 2.87. The Morgan fingerprint density at radius 3 is 2.32 bits per heavy atom. The zero-order valence-electron chi connectivity index (χ0n) is 14.1. The van der Waals surface area contributed by atoms with E-state index in [1.807, 2.05) is 38.1 Å². The molecule has 1 aliphatic heterocycles. The van der Waals surface area contributed by atoms with E-state index in [2.05, 4.69) is 10.6 Å². The maximum Gasteiger partial charge on any atom is 0.325 e. The van der Waals surface area contributed by atoms with Crippen LogP contribution in [0.3, 0.4) is 0 Å². The second kappa shape index (κ2) is 6.76. The standard InChI is InChI=1S/C19H19N3O3/c1-12-7-6-8-13(2)16(12)20-15(23)11-22-18(24)17(21-19(22)25)14-9-4-3-5-10-14/h3-10,17H,11H2,1-2H3,(H,20,23)(H,21,25). The lowest BCUT2D eigenvalue weighted by Crippen LogP contribution is -2.38. The molecule has 0 bridgehead atoms. The zero-order valence-corrected chi connectivity index (χ0v) is 14.1. The second-order valence-electron chi connectivity index (χ2n) is 6.03. The highest BCUT2D eigenvalue weighted by Gasteiger charge is 2.39. The fourth-order valence-electron chi connectivity index (χ4n) is 2.87. The number of hydrogen-bond donors (Lipinski definition) is 2. The van der Waals surface area contributed by atoms with Crippen molar-refractivity contribution < 1.29 is 14.4 Å². The number of rotatable bonds is 4. The maximum absolute atomic E-state index is 12.5. The van der Waals surface area contributed by atoms with Gasteiger partial charge in [0, 0.05) is 5.69 Å². The van der Waals surface area contributed by atoms with Crippen molar-refractivity contribution in [2.24, 2.45) is 0 Å². The summed E-state index contributed by atoms with van der Waals surface area (Å²) >= 11 is 0. The minimum absolute atomic E-state index is 0.318. The van der Waals surface area contributed by atoms with Gasteiger partial charge in [0.2, 0.25) is 5.91 Å². The number of imide groups is 1. The van der Waals surface area contributed by atoms with Crippen LogP contribution >= 0.6 is 0 Å². The van der Waals surface area contributed by atoms with Crippen LogP contribution in [0.1, 0.15) is 22.7 Å². The molecule has 0 saturated carbocycles. The molecule has 0 spiro atoms. The lowest BCUT2D eigenvalue weighted by Gasteiger charge is -2.15. The highest BCUT2D eigenvalue weighted by molar-refractivity contribution is 6.08. The molecule has 2 aromatic rings. The van der Waals surface area contributed by atoms with Crippen molar-refractivity contribution in [3.05, 3.63) is 65.2 Å².